The maximum Gasteiger partial charge on any atom is 0.157 e. The average molecular weight is 280 g/mol. The minimum absolute atomic E-state index is 0.0764. The lowest BCUT2D eigenvalue weighted by Crippen LogP contribution is -1.74. The van der Waals surface area contributed by atoms with Gasteiger partial charge in [0.05, 0.1) is 0 Å². The summed E-state index contributed by atoms with van der Waals surface area (Å²) in [6, 6.07) is 23.4. The highest BCUT2D eigenvalue weighted by atomic mass is 16.3. The molecule has 0 saturated carbocycles. The smallest absolute Gasteiger partial charge is 0.157 e. The number of hydrogen-bond donors (Lipinski definition) is 3. The number of benzene rings is 3. The van der Waals surface area contributed by atoms with Crippen molar-refractivity contribution in [2.75, 3.05) is 0 Å². The second-order valence-electron chi connectivity index (χ2n) is 4.40. The summed E-state index contributed by atoms with van der Waals surface area (Å²) in [6.07, 6.45) is 0. The van der Waals surface area contributed by atoms with Gasteiger partial charge >= 0.3 is 0 Å². The Labute approximate surface area is 123 Å². The van der Waals surface area contributed by atoms with Crippen molar-refractivity contribution in [2.45, 2.75) is 0 Å². The first-order valence-corrected chi connectivity index (χ1v) is 6.48. The highest BCUT2D eigenvalue weighted by Crippen LogP contribution is 2.21. The van der Waals surface area contributed by atoms with Crippen LogP contribution in [0.4, 0.5) is 0 Å². The van der Waals surface area contributed by atoms with Crippen LogP contribution in [-0.4, -0.2) is 15.3 Å². The molecule has 0 spiro atoms. The maximum absolute atomic E-state index is 9.10. The van der Waals surface area contributed by atoms with Gasteiger partial charge < -0.3 is 15.3 Å². The van der Waals surface area contributed by atoms with Gasteiger partial charge in [0.25, 0.3) is 0 Å². The van der Waals surface area contributed by atoms with E-state index in [1.54, 1.807) is 24.3 Å². The first kappa shape index (κ1) is 14.5. The van der Waals surface area contributed by atoms with Crippen LogP contribution in [0, 0.1) is 0 Å². The standard InChI is InChI=1S/C12H10O.C6H6O2/c13-12-8-6-11(7-9-12)10-4-2-1-3-5-10;7-5-3-1-2-4-6(5)8/h1-9,13H;1-4,7-8H. The molecule has 3 rings (SSSR count). The number of para-hydroxylation sites is 2. The molecule has 3 aromatic carbocycles. The van der Waals surface area contributed by atoms with Gasteiger partial charge in [0.1, 0.15) is 5.75 Å². The van der Waals surface area contributed by atoms with Gasteiger partial charge in [-0.15, -0.1) is 0 Å². The van der Waals surface area contributed by atoms with E-state index < -0.39 is 0 Å². The molecule has 21 heavy (non-hydrogen) atoms. The van der Waals surface area contributed by atoms with Crippen molar-refractivity contribution in [3.05, 3.63) is 78.9 Å². The van der Waals surface area contributed by atoms with Gasteiger partial charge in [-0.2, -0.15) is 0 Å². The summed E-state index contributed by atoms with van der Waals surface area (Å²) in [6.45, 7) is 0. The summed E-state index contributed by atoms with van der Waals surface area (Å²) in [5.41, 5.74) is 2.29. The van der Waals surface area contributed by atoms with Crippen molar-refractivity contribution >= 4 is 0 Å². The second kappa shape index (κ2) is 7.01. The van der Waals surface area contributed by atoms with Crippen molar-refractivity contribution < 1.29 is 15.3 Å². The number of phenols is 3. The lowest BCUT2D eigenvalue weighted by atomic mass is 10.1. The second-order valence-corrected chi connectivity index (χ2v) is 4.40. The Bertz CT molecular complexity index is 655. The quantitative estimate of drug-likeness (QED) is 0.587. The van der Waals surface area contributed by atoms with E-state index in [0.29, 0.717) is 5.75 Å². The molecule has 0 saturated heterocycles. The van der Waals surface area contributed by atoms with E-state index in [4.69, 9.17) is 15.3 Å². The molecule has 3 nitrogen and oxygen atoms in total. The van der Waals surface area contributed by atoms with Gasteiger partial charge in [-0.05, 0) is 35.4 Å². The van der Waals surface area contributed by atoms with Crippen molar-refractivity contribution in [3.8, 4) is 28.4 Å². The SMILES string of the molecule is Oc1ccc(-c2ccccc2)cc1.Oc1ccccc1O. The van der Waals surface area contributed by atoms with Gasteiger partial charge in [0, 0.05) is 0 Å². The van der Waals surface area contributed by atoms with Crippen molar-refractivity contribution in [3.63, 3.8) is 0 Å². The zero-order valence-electron chi connectivity index (χ0n) is 11.3. The first-order chi connectivity index (χ1) is 10.2. The largest absolute Gasteiger partial charge is 0.508 e. The van der Waals surface area contributed by atoms with Gasteiger partial charge in [0.2, 0.25) is 0 Å². The molecule has 3 N–H and O–H groups in total. The van der Waals surface area contributed by atoms with E-state index in [1.807, 2.05) is 42.5 Å². The predicted octanol–water partition coefficient (Wildman–Crippen LogP) is 4.16. The summed E-state index contributed by atoms with van der Waals surface area (Å²) < 4.78 is 0. The van der Waals surface area contributed by atoms with Crippen LogP contribution < -0.4 is 0 Å². The predicted molar refractivity (Wildman–Crippen MR) is 83.3 cm³/mol. The Morgan fingerprint density at radius 2 is 0.857 bits per heavy atom. The number of hydrogen-bond acceptors (Lipinski definition) is 3. The maximum atomic E-state index is 9.10. The third kappa shape index (κ3) is 4.28. The molecule has 0 aliphatic rings. The summed E-state index contributed by atoms with van der Waals surface area (Å²) in [7, 11) is 0. The fraction of sp³-hybridized carbons (Fsp3) is 0. The van der Waals surface area contributed by atoms with E-state index in [2.05, 4.69) is 0 Å². The van der Waals surface area contributed by atoms with Gasteiger partial charge in [-0.1, -0.05) is 54.6 Å². The van der Waals surface area contributed by atoms with Crippen LogP contribution in [0.5, 0.6) is 17.2 Å². The molecule has 0 fully saturated rings. The van der Waals surface area contributed by atoms with E-state index in [-0.39, 0.29) is 11.5 Å². The Hall–Kier alpha value is -2.94. The molecule has 0 radical (unpaired) electrons. The number of aromatic hydroxyl groups is 3. The fourth-order valence-corrected chi connectivity index (χ4v) is 1.75. The molecule has 3 heteroatoms. The van der Waals surface area contributed by atoms with Gasteiger partial charge in [0.15, 0.2) is 11.5 Å². The van der Waals surface area contributed by atoms with Gasteiger partial charge in [-0.3, -0.25) is 0 Å². The monoisotopic (exact) mass is 280 g/mol. The minimum atomic E-state index is -0.0764. The zero-order chi connectivity index (χ0) is 15.1. The molecule has 0 unspecified atom stereocenters. The van der Waals surface area contributed by atoms with Crippen LogP contribution in [0.3, 0.4) is 0 Å². The molecule has 3 aromatic rings. The van der Waals surface area contributed by atoms with Crippen LogP contribution in [0.25, 0.3) is 11.1 Å². The highest BCUT2D eigenvalue weighted by Gasteiger charge is 1.94. The highest BCUT2D eigenvalue weighted by molar-refractivity contribution is 5.63. The van der Waals surface area contributed by atoms with E-state index >= 15 is 0 Å². The van der Waals surface area contributed by atoms with Crippen molar-refractivity contribution in [1.29, 1.82) is 0 Å². The molecular weight excluding hydrogens is 264 g/mol. The van der Waals surface area contributed by atoms with Crippen LogP contribution in [0.15, 0.2) is 78.9 Å². The first-order valence-electron chi connectivity index (χ1n) is 6.48. The van der Waals surface area contributed by atoms with Crippen LogP contribution in [-0.2, 0) is 0 Å². The Morgan fingerprint density at radius 1 is 0.429 bits per heavy atom. The third-order valence-corrected chi connectivity index (χ3v) is 2.86. The molecule has 0 amide bonds. The summed E-state index contributed by atoms with van der Waals surface area (Å²) in [5, 5.41) is 26.4. The Balaban J connectivity index is 0.000000173. The van der Waals surface area contributed by atoms with Gasteiger partial charge in [-0.25, -0.2) is 0 Å². The summed E-state index contributed by atoms with van der Waals surface area (Å²) >= 11 is 0. The molecular formula is C18H16O3. The lowest BCUT2D eigenvalue weighted by molar-refractivity contribution is 0.404. The molecule has 106 valence electrons. The zero-order valence-corrected chi connectivity index (χ0v) is 11.3. The number of phenolic OH excluding ortho intramolecular Hbond substituents is 3. The van der Waals surface area contributed by atoms with Crippen LogP contribution in [0.1, 0.15) is 0 Å². The van der Waals surface area contributed by atoms with E-state index in [9.17, 15) is 0 Å². The fourth-order valence-electron chi connectivity index (χ4n) is 1.75. The minimum Gasteiger partial charge on any atom is -0.508 e. The third-order valence-electron chi connectivity index (χ3n) is 2.86. The topological polar surface area (TPSA) is 60.7 Å². The number of rotatable bonds is 1. The normalized spacial score (nSPS) is 9.52. The summed E-state index contributed by atoms with van der Waals surface area (Å²) in [5.74, 6) is 0.152. The van der Waals surface area contributed by atoms with Crippen molar-refractivity contribution in [2.24, 2.45) is 0 Å². The lowest BCUT2D eigenvalue weighted by Gasteiger charge is -2.00. The molecule has 0 atom stereocenters. The van der Waals surface area contributed by atoms with E-state index in [1.165, 1.54) is 17.7 Å². The van der Waals surface area contributed by atoms with Crippen LogP contribution >= 0.6 is 0 Å². The van der Waals surface area contributed by atoms with E-state index in [0.717, 1.165) is 5.56 Å². The van der Waals surface area contributed by atoms with Crippen molar-refractivity contribution in [1.82, 2.24) is 0 Å². The Kier molecular flexibility index (Phi) is 4.83. The molecule has 0 aromatic heterocycles. The Morgan fingerprint density at radius 3 is 1.33 bits per heavy atom. The molecule has 0 heterocycles. The van der Waals surface area contributed by atoms with Crippen LogP contribution in [0.2, 0.25) is 0 Å². The average Bonchev–Trinajstić information content (AvgIpc) is 2.53. The molecule has 0 aliphatic carbocycles. The summed E-state index contributed by atoms with van der Waals surface area (Å²) in [4.78, 5) is 0. The molecule has 0 bridgehead atoms. The molecule has 0 aliphatic heterocycles.